The molecule has 4 N–H and O–H groups in total. The van der Waals surface area contributed by atoms with Gasteiger partial charge < -0.3 is 11.5 Å². The second-order valence-electron chi connectivity index (χ2n) is 2.89. The molecule has 0 radical (unpaired) electrons. The maximum absolute atomic E-state index is 10.6. The highest BCUT2D eigenvalue weighted by Crippen LogP contribution is 2.21. The van der Waals surface area contributed by atoms with Crippen LogP contribution < -0.4 is 11.5 Å². The zero-order chi connectivity index (χ0) is 11.4. The lowest BCUT2D eigenvalue weighted by atomic mass is 10.1. The van der Waals surface area contributed by atoms with Gasteiger partial charge in [-0.25, -0.2) is 0 Å². The van der Waals surface area contributed by atoms with Crippen molar-refractivity contribution in [3.8, 4) is 0 Å². The summed E-state index contributed by atoms with van der Waals surface area (Å²) in [5.41, 5.74) is 11.5. The number of hydrogen-bond donors (Lipinski definition) is 2. The molecule has 0 spiro atoms. The van der Waals surface area contributed by atoms with Crippen LogP contribution in [-0.4, -0.2) is 17.3 Å². The maximum Gasteiger partial charge on any atom is 0.292 e. The number of aliphatic imine (C=N–C) groups is 1. The Morgan fingerprint density at radius 1 is 1.60 bits per heavy atom. The van der Waals surface area contributed by atoms with Crippen LogP contribution in [-0.2, 0) is 0 Å². The van der Waals surface area contributed by atoms with Crippen LogP contribution in [0.5, 0.6) is 0 Å². The maximum atomic E-state index is 10.6. The number of hydrogen-bond acceptors (Lipinski definition) is 4. The molecule has 0 amide bonds. The van der Waals surface area contributed by atoms with Crippen molar-refractivity contribution in [2.24, 2.45) is 10.7 Å². The molecule has 0 unspecified atom stereocenters. The molecule has 0 aliphatic heterocycles. The van der Waals surface area contributed by atoms with Crippen LogP contribution in [0.2, 0.25) is 0 Å². The van der Waals surface area contributed by atoms with E-state index in [1.54, 1.807) is 6.07 Å². The number of benzene rings is 1. The molecule has 0 bridgehead atoms. The first-order chi connectivity index (χ1) is 7.06. The van der Waals surface area contributed by atoms with E-state index in [2.05, 4.69) is 4.99 Å². The second kappa shape index (κ2) is 4.41. The van der Waals surface area contributed by atoms with Crippen molar-refractivity contribution >= 4 is 17.2 Å². The van der Waals surface area contributed by atoms with Crippen LogP contribution in [0.4, 0.5) is 11.4 Å². The Labute approximate surface area is 86.8 Å². The van der Waals surface area contributed by atoms with Crippen LogP contribution in [0.25, 0.3) is 0 Å². The van der Waals surface area contributed by atoms with Crippen LogP contribution in [0, 0.1) is 10.1 Å². The van der Waals surface area contributed by atoms with Gasteiger partial charge >= 0.3 is 0 Å². The summed E-state index contributed by atoms with van der Waals surface area (Å²) in [7, 11) is 0. The molecule has 80 valence electrons. The van der Waals surface area contributed by atoms with E-state index in [4.69, 9.17) is 11.5 Å². The minimum Gasteiger partial charge on any atom is -0.393 e. The third kappa shape index (κ3) is 2.43. The van der Waals surface area contributed by atoms with E-state index in [1.807, 2.05) is 6.92 Å². The van der Waals surface area contributed by atoms with Crippen molar-refractivity contribution in [3.05, 3.63) is 33.9 Å². The van der Waals surface area contributed by atoms with E-state index in [0.717, 1.165) is 0 Å². The van der Waals surface area contributed by atoms with Crippen molar-refractivity contribution in [1.29, 1.82) is 0 Å². The molecule has 0 aliphatic rings. The van der Waals surface area contributed by atoms with Crippen LogP contribution in [0.1, 0.15) is 12.5 Å². The van der Waals surface area contributed by atoms with Gasteiger partial charge in [0.25, 0.3) is 5.69 Å². The number of nitro groups is 1. The summed E-state index contributed by atoms with van der Waals surface area (Å²) < 4.78 is 0. The van der Waals surface area contributed by atoms with Crippen LogP contribution in [0.15, 0.2) is 23.2 Å². The van der Waals surface area contributed by atoms with E-state index in [1.165, 1.54) is 12.1 Å². The summed E-state index contributed by atoms with van der Waals surface area (Å²) in [6.07, 6.45) is 0. The Bertz CT molecular complexity index is 415. The second-order valence-corrected chi connectivity index (χ2v) is 2.89. The molecule has 15 heavy (non-hydrogen) atoms. The summed E-state index contributed by atoms with van der Waals surface area (Å²) in [5, 5.41) is 10.6. The molecular formula is C9H12N4O2. The van der Waals surface area contributed by atoms with Crippen LogP contribution >= 0.6 is 0 Å². The van der Waals surface area contributed by atoms with E-state index in [0.29, 0.717) is 12.1 Å². The van der Waals surface area contributed by atoms with E-state index in [-0.39, 0.29) is 17.2 Å². The van der Waals surface area contributed by atoms with E-state index < -0.39 is 4.92 Å². The fraction of sp³-hybridized carbons (Fsp3) is 0.222. The predicted molar refractivity (Wildman–Crippen MR) is 58.8 cm³/mol. The first-order valence-corrected chi connectivity index (χ1v) is 4.40. The largest absolute Gasteiger partial charge is 0.393 e. The molecule has 1 rings (SSSR count). The molecule has 0 aliphatic carbocycles. The minimum absolute atomic E-state index is 0.119. The van der Waals surface area contributed by atoms with Gasteiger partial charge in [-0.1, -0.05) is 0 Å². The molecule has 0 fully saturated rings. The number of nitrogen functional groups attached to an aromatic ring is 1. The highest BCUT2D eigenvalue weighted by molar-refractivity contribution is 5.98. The SMILES string of the molecule is CCN=C(N)c1ccc(N)c([N+](=O)[O-])c1. The smallest absolute Gasteiger partial charge is 0.292 e. The van der Waals surface area contributed by atoms with Crippen LogP contribution in [0.3, 0.4) is 0 Å². The zero-order valence-corrected chi connectivity index (χ0v) is 8.30. The highest BCUT2D eigenvalue weighted by atomic mass is 16.6. The highest BCUT2D eigenvalue weighted by Gasteiger charge is 2.12. The van der Waals surface area contributed by atoms with E-state index in [9.17, 15) is 10.1 Å². The molecule has 0 saturated heterocycles. The number of nitrogens with two attached hydrogens (primary N) is 2. The predicted octanol–water partition coefficient (Wildman–Crippen LogP) is 0.902. The fourth-order valence-electron chi connectivity index (χ4n) is 1.12. The zero-order valence-electron chi connectivity index (χ0n) is 8.30. The van der Waals surface area contributed by atoms with Gasteiger partial charge in [0.15, 0.2) is 0 Å². The van der Waals surface area contributed by atoms with Crippen molar-refractivity contribution in [3.63, 3.8) is 0 Å². The summed E-state index contributed by atoms with van der Waals surface area (Å²) in [6, 6.07) is 4.38. The molecule has 0 aromatic heterocycles. The number of amidine groups is 1. The number of rotatable bonds is 3. The first-order valence-electron chi connectivity index (χ1n) is 4.40. The normalized spacial score (nSPS) is 11.4. The molecule has 6 heteroatoms. The Morgan fingerprint density at radius 2 is 2.27 bits per heavy atom. The summed E-state index contributed by atoms with van der Waals surface area (Å²) in [4.78, 5) is 14.0. The average Bonchev–Trinajstić information content (AvgIpc) is 2.18. The lowest BCUT2D eigenvalue weighted by molar-refractivity contribution is -0.383. The van der Waals surface area contributed by atoms with Gasteiger partial charge in [0.05, 0.1) is 4.92 Å². The first kappa shape index (κ1) is 11.0. The van der Waals surface area contributed by atoms with Crippen molar-refractivity contribution in [2.75, 3.05) is 12.3 Å². The molecular weight excluding hydrogens is 196 g/mol. The van der Waals surface area contributed by atoms with Crippen molar-refractivity contribution in [1.82, 2.24) is 0 Å². The quantitative estimate of drug-likeness (QED) is 0.253. The topological polar surface area (TPSA) is 108 Å². The lowest BCUT2D eigenvalue weighted by Crippen LogP contribution is -2.14. The van der Waals surface area contributed by atoms with Crippen molar-refractivity contribution < 1.29 is 4.92 Å². The van der Waals surface area contributed by atoms with Crippen molar-refractivity contribution in [2.45, 2.75) is 6.92 Å². The Balaban J connectivity index is 3.19. The minimum atomic E-state index is -0.544. The number of anilines is 1. The van der Waals surface area contributed by atoms with Gasteiger partial charge in [0, 0.05) is 18.2 Å². The Morgan fingerprint density at radius 3 is 2.80 bits per heavy atom. The average molecular weight is 208 g/mol. The summed E-state index contributed by atoms with van der Waals surface area (Å²) in [5.74, 6) is 0.278. The standard InChI is InChI=1S/C9H12N4O2/c1-2-12-9(11)6-3-4-7(10)8(5-6)13(14)15/h3-5H,2,10H2,1H3,(H2,11,12). The Kier molecular flexibility index (Phi) is 3.22. The molecule has 1 aromatic rings. The van der Waals surface area contributed by atoms with Gasteiger partial charge in [0.1, 0.15) is 11.5 Å². The monoisotopic (exact) mass is 208 g/mol. The molecule has 0 saturated carbocycles. The summed E-state index contributed by atoms with van der Waals surface area (Å²) in [6.45, 7) is 2.36. The molecule has 0 atom stereocenters. The van der Waals surface area contributed by atoms with Gasteiger partial charge in [-0.3, -0.25) is 15.1 Å². The molecule has 1 aromatic carbocycles. The fourth-order valence-corrected chi connectivity index (χ4v) is 1.12. The van der Waals surface area contributed by atoms with Gasteiger partial charge in [-0.2, -0.15) is 0 Å². The van der Waals surface area contributed by atoms with Gasteiger partial charge in [-0.15, -0.1) is 0 Å². The van der Waals surface area contributed by atoms with E-state index >= 15 is 0 Å². The number of nitro benzene ring substituents is 1. The Hall–Kier alpha value is -2.11. The lowest BCUT2D eigenvalue weighted by Gasteiger charge is -2.02. The summed E-state index contributed by atoms with van der Waals surface area (Å²) >= 11 is 0. The third-order valence-corrected chi connectivity index (χ3v) is 1.85. The number of nitrogens with zero attached hydrogens (tertiary/aromatic N) is 2. The van der Waals surface area contributed by atoms with Gasteiger partial charge in [0.2, 0.25) is 0 Å². The molecule has 6 nitrogen and oxygen atoms in total. The van der Waals surface area contributed by atoms with Gasteiger partial charge in [-0.05, 0) is 19.1 Å². The molecule has 0 heterocycles. The third-order valence-electron chi connectivity index (χ3n) is 1.85.